The van der Waals surface area contributed by atoms with Gasteiger partial charge in [0.2, 0.25) is 0 Å². The number of hydrogen-bond donors (Lipinski definition) is 1. The molecule has 7 nitrogen and oxygen atoms in total. The maximum Gasteiger partial charge on any atom is 0.166 e. The number of ether oxygens (including phenoxy) is 1. The van der Waals surface area contributed by atoms with Gasteiger partial charge in [-0.05, 0) is 38.1 Å². The summed E-state index contributed by atoms with van der Waals surface area (Å²) in [7, 11) is 1.90. The first-order valence-electron chi connectivity index (χ1n) is 10.2. The van der Waals surface area contributed by atoms with Crippen molar-refractivity contribution in [2.24, 2.45) is 7.05 Å². The third-order valence-corrected chi connectivity index (χ3v) is 5.78. The molecule has 2 N–H and O–H groups in total. The lowest BCUT2D eigenvalue weighted by Crippen LogP contribution is -2.11. The van der Waals surface area contributed by atoms with Gasteiger partial charge in [0.1, 0.15) is 11.9 Å². The van der Waals surface area contributed by atoms with E-state index in [0.717, 1.165) is 39.2 Å². The van der Waals surface area contributed by atoms with Gasteiger partial charge < -0.3 is 10.5 Å². The highest BCUT2D eigenvalue weighted by atomic mass is 19.1. The number of aryl methyl sites for hydroxylation is 2. The summed E-state index contributed by atoms with van der Waals surface area (Å²) in [5.74, 6) is 0.422. The standard InChI is InChI=1S/C23H23FN6O/c1-4-30-22-15(12-28-30)7-14-11-27-29(3)21(14)16-8-20(23(25)26-10-16)31-13(2)19-9-17(24)5-6-18(19)22/h5-6,8-13H,4,7H2,1-3H3,(H2,25,26)/t13-/m1/s1. The third-order valence-electron chi connectivity index (χ3n) is 5.78. The van der Waals surface area contributed by atoms with Crippen LogP contribution in [0.1, 0.15) is 36.6 Å². The number of nitrogen functional groups attached to an aromatic ring is 1. The lowest BCUT2D eigenvalue weighted by atomic mass is 9.94. The van der Waals surface area contributed by atoms with Crippen molar-refractivity contribution >= 4 is 5.82 Å². The van der Waals surface area contributed by atoms with Gasteiger partial charge in [-0.2, -0.15) is 10.2 Å². The summed E-state index contributed by atoms with van der Waals surface area (Å²) in [6, 6.07) is 6.66. The fraction of sp³-hybridized carbons (Fsp3) is 0.261. The molecule has 4 heterocycles. The Balaban J connectivity index is 1.82. The van der Waals surface area contributed by atoms with Gasteiger partial charge in [-0.15, -0.1) is 0 Å². The van der Waals surface area contributed by atoms with Crippen LogP contribution in [-0.4, -0.2) is 24.5 Å². The van der Waals surface area contributed by atoms with Gasteiger partial charge in [0.15, 0.2) is 11.6 Å². The third kappa shape index (κ3) is 3.15. The van der Waals surface area contributed by atoms with Gasteiger partial charge in [-0.1, -0.05) is 0 Å². The molecular formula is C23H23FN6O. The van der Waals surface area contributed by atoms with Gasteiger partial charge in [0.05, 0.1) is 23.8 Å². The first-order valence-corrected chi connectivity index (χ1v) is 10.2. The van der Waals surface area contributed by atoms with Gasteiger partial charge in [0.25, 0.3) is 0 Å². The van der Waals surface area contributed by atoms with E-state index in [4.69, 9.17) is 10.5 Å². The number of hydrogen-bond acceptors (Lipinski definition) is 5. The van der Waals surface area contributed by atoms with Crippen molar-refractivity contribution in [1.29, 1.82) is 0 Å². The highest BCUT2D eigenvalue weighted by Crippen LogP contribution is 2.38. The minimum atomic E-state index is -0.455. The van der Waals surface area contributed by atoms with E-state index >= 15 is 0 Å². The number of anilines is 1. The van der Waals surface area contributed by atoms with Crippen LogP contribution in [0.4, 0.5) is 10.2 Å². The van der Waals surface area contributed by atoms with Gasteiger partial charge in [-0.3, -0.25) is 9.36 Å². The van der Waals surface area contributed by atoms with E-state index < -0.39 is 6.10 Å². The first-order chi connectivity index (χ1) is 15.0. The van der Waals surface area contributed by atoms with E-state index in [-0.39, 0.29) is 11.6 Å². The summed E-state index contributed by atoms with van der Waals surface area (Å²) < 4.78 is 24.3. The van der Waals surface area contributed by atoms with Crippen LogP contribution in [0.2, 0.25) is 0 Å². The summed E-state index contributed by atoms with van der Waals surface area (Å²) in [5, 5.41) is 9.07. The SMILES string of the molecule is CCn1ncc2c1-c1ccc(F)cc1[C@@H](C)Oc1cc(cnc1N)-c1c(cnn1C)C2. The Bertz CT molecular complexity index is 1290. The lowest BCUT2D eigenvalue weighted by molar-refractivity contribution is 0.227. The Hall–Kier alpha value is -3.68. The van der Waals surface area contributed by atoms with Crippen LogP contribution in [0.3, 0.4) is 0 Å². The molecule has 2 bridgehead atoms. The first kappa shape index (κ1) is 19.3. The van der Waals surface area contributed by atoms with Crippen LogP contribution in [0, 0.1) is 5.82 Å². The average molecular weight is 418 g/mol. The molecular weight excluding hydrogens is 395 g/mol. The van der Waals surface area contributed by atoms with E-state index in [9.17, 15) is 4.39 Å². The van der Waals surface area contributed by atoms with E-state index in [1.807, 2.05) is 48.7 Å². The number of nitrogens with zero attached hydrogens (tertiary/aromatic N) is 5. The lowest BCUT2D eigenvalue weighted by Gasteiger charge is -2.22. The zero-order chi connectivity index (χ0) is 21.7. The van der Waals surface area contributed by atoms with Crippen molar-refractivity contribution in [2.45, 2.75) is 32.9 Å². The molecule has 0 amide bonds. The van der Waals surface area contributed by atoms with Crippen LogP contribution in [0.5, 0.6) is 5.75 Å². The molecule has 0 unspecified atom stereocenters. The Labute approximate surface area is 179 Å². The summed E-state index contributed by atoms with van der Waals surface area (Å²) in [5.41, 5.74) is 12.6. The molecule has 1 aliphatic heterocycles. The van der Waals surface area contributed by atoms with Gasteiger partial charge in [0, 0.05) is 54.0 Å². The van der Waals surface area contributed by atoms with Crippen LogP contribution < -0.4 is 10.5 Å². The van der Waals surface area contributed by atoms with Crippen LogP contribution in [0.15, 0.2) is 42.9 Å². The Morgan fingerprint density at radius 2 is 1.90 bits per heavy atom. The fourth-order valence-electron chi connectivity index (χ4n) is 4.31. The van der Waals surface area contributed by atoms with Crippen LogP contribution in [0.25, 0.3) is 22.5 Å². The minimum absolute atomic E-state index is 0.286. The number of fused-ring (bicyclic) bond motifs is 7. The Morgan fingerprint density at radius 3 is 2.71 bits per heavy atom. The predicted molar refractivity (Wildman–Crippen MR) is 116 cm³/mol. The zero-order valence-corrected chi connectivity index (χ0v) is 17.6. The van der Waals surface area contributed by atoms with Crippen molar-refractivity contribution in [3.8, 4) is 28.3 Å². The van der Waals surface area contributed by atoms with Gasteiger partial charge >= 0.3 is 0 Å². The molecule has 0 saturated heterocycles. The zero-order valence-electron chi connectivity index (χ0n) is 17.6. The molecule has 0 fully saturated rings. The van der Waals surface area contributed by atoms with Crippen molar-refractivity contribution in [3.63, 3.8) is 0 Å². The molecule has 1 aromatic carbocycles. The smallest absolute Gasteiger partial charge is 0.166 e. The van der Waals surface area contributed by atoms with E-state index in [0.29, 0.717) is 18.7 Å². The molecule has 31 heavy (non-hydrogen) atoms. The van der Waals surface area contributed by atoms with Crippen molar-refractivity contribution in [1.82, 2.24) is 24.5 Å². The minimum Gasteiger partial charge on any atom is -0.482 e. The highest BCUT2D eigenvalue weighted by Gasteiger charge is 2.24. The molecule has 0 aliphatic carbocycles. The normalized spacial score (nSPS) is 15.2. The molecule has 0 spiro atoms. The summed E-state index contributed by atoms with van der Waals surface area (Å²) in [4.78, 5) is 4.34. The molecule has 0 radical (unpaired) electrons. The summed E-state index contributed by atoms with van der Waals surface area (Å²) >= 11 is 0. The van der Waals surface area contributed by atoms with Crippen molar-refractivity contribution in [3.05, 3.63) is 65.4 Å². The number of pyridine rings is 1. The fourth-order valence-corrected chi connectivity index (χ4v) is 4.31. The second-order valence-electron chi connectivity index (χ2n) is 7.75. The Morgan fingerprint density at radius 1 is 1.13 bits per heavy atom. The monoisotopic (exact) mass is 418 g/mol. The number of nitrogens with two attached hydrogens (primary N) is 1. The largest absolute Gasteiger partial charge is 0.482 e. The number of halogens is 1. The molecule has 4 aromatic rings. The molecule has 1 aliphatic rings. The number of benzene rings is 1. The quantitative estimate of drug-likeness (QED) is 0.502. The molecule has 158 valence electrons. The number of aromatic nitrogens is 5. The highest BCUT2D eigenvalue weighted by molar-refractivity contribution is 5.72. The number of rotatable bonds is 1. The van der Waals surface area contributed by atoms with E-state index in [1.165, 1.54) is 12.1 Å². The topological polar surface area (TPSA) is 83.8 Å². The second kappa shape index (κ2) is 7.23. The van der Waals surface area contributed by atoms with Crippen molar-refractivity contribution in [2.75, 3.05) is 5.73 Å². The van der Waals surface area contributed by atoms with Gasteiger partial charge in [-0.25, -0.2) is 9.37 Å². The maximum atomic E-state index is 14.3. The van der Waals surface area contributed by atoms with E-state index in [2.05, 4.69) is 15.2 Å². The average Bonchev–Trinajstić information content (AvgIpc) is 3.32. The Kier molecular flexibility index (Phi) is 4.50. The second-order valence-corrected chi connectivity index (χ2v) is 7.75. The summed E-state index contributed by atoms with van der Waals surface area (Å²) in [6.07, 6.45) is 5.64. The van der Waals surface area contributed by atoms with E-state index in [1.54, 1.807) is 12.3 Å². The molecule has 1 atom stereocenters. The molecule has 0 saturated carbocycles. The predicted octanol–water partition coefficient (Wildman–Crippen LogP) is 4.13. The molecule has 5 rings (SSSR count). The summed E-state index contributed by atoms with van der Waals surface area (Å²) in [6.45, 7) is 4.62. The molecule has 8 heteroatoms. The maximum absolute atomic E-state index is 14.3. The van der Waals surface area contributed by atoms with Crippen molar-refractivity contribution < 1.29 is 9.13 Å². The van der Waals surface area contributed by atoms with Crippen LogP contribution in [-0.2, 0) is 20.0 Å². The van der Waals surface area contributed by atoms with Crippen LogP contribution >= 0.6 is 0 Å². The molecule has 3 aromatic heterocycles.